The van der Waals surface area contributed by atoms with E-state index in [4.69, 9.17) is 0 Å². The van der Waals surface area contributed by atoms with Gasteiger partial charge in [0, 0.05) is 20.1 Å². The van der Waals surface area contributed by atoms with Crippen molar-refractivity contribution in [3.63, 3.8) is 0 Å². The van der Waals surface area contributed by atoms with Crippen LogP contribution in [0.2, 0.25) is 0 Å². The zero-order valence-electron chi connectivity index (χ0n) is 24.2. The van der Waals surface area contributed by atoms with E-state index >= 15 is 0 Å². The summed E-state index contributed by atoms with van der Waals surface area (Å²) in [6.45, 7) is 1.81. The van der Waals surface area contributed by atoms with E-state index in [1.54, 1.807) is 38.2 Å². The van der Waals surface area contributed by atoms with Crippen LogP contribution >= 0.6 is 0 Å². The number of hydrogen-bond acceptors (Lipinski definition) is 4. The van der Waals surface area contributed by atoms with Gasteiger partial charge in [0.2, 0.25) is 5.91 Å². The SMILES string of the molecule is CC(N(C)C(=O)[C@H]1[C@@H](C(=O)O)N(Cc2ccccc2)C(=O)N1Cc1ccccc1)C(O)(c1ccccc1)c1ccccc1. The van der Waals surface area contributed by atoms with E-state index in [2.05, 4.69) is 0 Å². The molecule has 2 N–H and O–H groups in total. The molecule has 0 radical (unpaired) electrons. The highest BCUT2D eigenvalue weighted by atomic mass is 16.4. The Hall–Kier alpha value is -4.95. The molecule has 43 heavy (non-hydrogen) atoms. The van der Waals surface area contributed by atoms with Gasteiger partial charge < -0.3 is 24.9 Å². The van der Waals surface area contributed by atoms with Gasteiger partial charge in [-0.15, -0.1) is 0 Å². The number of benzene rings is 4. The molecule has 0 spiro atoms. The van der Waals surface area contributed by atoms with Crippen molar-refractivity contribution in [1.29, 1.82) is 0 Å². The molecule has 1 aliphatic rings. The van der Waals surface area contributed by atoms with Crippen LogP contribution in [0.4, 0.5) is 4.79 Å². The number of carboxylic acid groups (broad SMARTS) is 1. The van der Waals surface area contributed by atoms with E-state index < -0.39 is 41.6 Å². The third kappa shape index (κ3) is 5.74. The zero-order valence-corrected chi connectivity index (χ0v) is 24.2. The lowest BCUT2D eigenvalue weighted by molar-refractivity contribution is -0.150. The number of urea groups is 1. The molecule has 8 heteroatoms. The van der Waals surface area contributed by atoms with E-state index in [0.717, 1.165) is 11.1 Å². The fourth-order valence-electron chi connectivity index (χ4n) is 5.89. The van der Waals surface area contributed by atoms with Gasteiger partial charge in [0.15, 0.2) is 6.04 Å². The number of hydrogen-bond donors (Lipinski definition) is 2. The highest BCUT2D eigenvalue weighted by Crippen LogP contribution is 2.37. The lowest BCUT2D eigenvalue weighted by Gasteiger charge is -2.42. The third-order valence-corrected chi connectivity index (χ3v) is 8.32. The largest absolute Gasteiger partial charge is 0.480 e. The summed E-state index contributed by atoms with van der Waals surface area (Å²) in [6, 6.07) is 32.3. The average Bonchev–Trinajstić information content (AvgIpc) is 3.31. The first kappa shape index (κ1) is 29.5. The minimum atomic E-state index is -1.62. The summed E-state index contributed by atoms with van der Waals surface area (Å²) in [5, 5.41) is 22.8. The van der Waals surface area contributed by atoms with Crippen LogP contribution < -0.4 is 0 Å². The first-order valence-corrected chi connectivity index (χ1v) is 14.2. The predicted octanol–water partition coefficient (Wildman–Crippen LogP) is 4.73. The number of nitrogens with zero attached hydrogens (tertiary/aromatic N) is 3. The zero-order chi connectivity index (χ0) is 30.6. The lowest BCUT2D eigenvalue weighted by Crippen LogP contribution is -2.58. The van der Waals surface area contributed by atoms with Crippen LogP contribution in [0, 0.1) is 0 Å². The van der Waals surface area contributed by atoms with Crippen LogP contribution in [0.5, 0.6) is 0 Å². The van der Waals surface area contributed by atoms with Gasteiger partial charge in [0.05, 0.1) is 6.04 Å². The first-order chi connectivity index (χ1) is 20.7. The van der Waals surface area contributed by atoms with Crippen LogP contribution in [0.25, 0.3) is 0 Å². The number of aliphatic carboxylic acids is 1. The summed E-state index contributed by atoms with van der Waals surface area (Å²) in [6.07, 6.45) is 0. The third-order valence-electron chi connectivity index (χ3n) is 8.32. The van der Waals surface area contributed by atoms with Crippen molar-refractivity contribution in [2.24, 2.45) is 0 Å². The van der Waals surface area contributed by atoms with Crippen molar-refractivity contribution in [2.45, 2.75) is 43.7 Å². The molecule has 4 aromatic rings. The first-order valence-electron chi connectivity index (χ1n) is 14.2. The second kappa shape index (κ2) is 12.5. The summed E-state index contributed by atoms with van der Waals surface area (Å²) < 4.78 is 0. The molecule has 3 atom stereocenters. The fraction of sp³-hybridized carbons (Fsp3) is 0.229. The van der Waals surface area contributed by atoms with Gasteiger partial charge in [-0.3, -0.25) is 4.79 Å². The molecule has 220 valence electrons. The molecule has 1 unspecified atom stereocenters. The molecular weight excluding hydrogens is 542 g/mol. The Balaban J connectivity index is 1.55. The summed E-state index contributed by atoms with van der Waals surface area (Å²) in [4.78, 5) is 45.2. The standard InChI is InChI=1S/C35H35N3O5/c1-25(35(43,28-19-11-5-12-20-28)29-21-13-6-14-22-29)36(2)32(39)30-31(33(40)41)38(24-27-17-9-4-10-18-27)34(42)37(30)23-26-15-7-3-8-16-26/h3-22,25,30-31,43H,23-24H2,1-2H3,(H,40,41)/t25?,30-,31+/m1/s1. The Morgan fingerprint density at radius 3 is 1.49 bits per heavy atom. The maximum absolute atomic E-state index is 14.5. The van der Waals surface area contributed by atoms with E-state index in [9.17, 15) is 24.6 Å². The van der Waals surface area contributed by atoms with Crippen LogP contribution in [0.3, 0.4) is 0 Å². The number of carboxylic acids is 1. The Kier molecular flexibility index (Phi) is 8.59. The van der Waals surface area contributed by atoms with Gasteiger partial charge in [-0.1, -0.05) is 121 Å². The second-order valence-corrected chi connectivity index (χ2v) is 10.9. The van der Waals surface area contributed by atoms with Crippen LogP contribution in [0.1, 0.15) is 29.2 Å². The molecule has 0 saturated carbocycles. The van der Waals surface area contributed by atoms with Gasteiger partial charge in [0.1, 0.15) is 11.6 Å². The van der Waals surface area contributed by atoms with Crippen LogP contribution in [0.15, 0.2) is 121 Å². The van der Waals surface area contributed by atoms with E-state index in [1.165, 1.54) is 14.7 Å². The van der Waals surface area contributed by atoms with Crippen LogP contribution in [-0.4, -0.2) is 68.0 Å². The summed E-state index contributed by atoms with van der Waals surface area (Å²) in [7, 11) is 1.55. The molecule has 8 nitrogen and oxygen atoms in total. The van der Waals surface area contributed by atoms with Gasteiger partial charge in [-0.2, -0.15) is 0 Å². The highest BCUT2D eigenvalue weighted by Gasteiger charge is 2.55. The molecular formula is C35H35N3O5. The maximum atomic E-state index is 14.5. The summed E-state index contributed by atoms with van der Waals surface area (Å²) in [5.74, 6) is -1.86. The Labute approximate surface area is 251 Å². The number of rotatable bonds is 10. The molecule has 0 aliphatic carbocycles. The Bertz CT molecular complexity index is 1510. The van der Waals surface area contributed by atoms with Gasteiger partial charge >= 0.3 is 12.0 Å². The Morgan fingerprint density at radius 2 is 1.09 bits per heavy atom. The fourth-order valence-corrected chi connectivity index (χ4v) is 5.89. The van der Waals surface area contributed by atoms with E-state index in [0.29, 0.717) is 11.1 Å². The van der Waals surface area contributed by atoms with Gasteiger partial charge in [-0.25, -0.2) is 9.59 Å². The molecule has 0 aromatic heterocycles. The van der Waals surface area contributed by atoms with E-state index in [1.807, 2.05) is 97.1 Å². The summed E-state index contributed by atoms with van der Waals surface area (Å²) >= 11 is 0. The van der Waals surface area contributed by atoms with Crippen molar-refractivity contribution in [2.75, 3.05) is 7.05 Å². The molecule has 1 fully saturated rings. The highest BCUT2D eigenvalue weighted by molar-refractivity contribution is 5.98. The quantitative estimate of drug-likeness (QED) is 0.284. The predicted molar refractivity (Wildman–Crippen MR) is 163 cm³/mol. The molecule has 0 bridgehead atoms. The molecule has 5 rings (SSSR count). The topological polar surface area (TPSA) is 101 Å². The number of aliphatic hydroxyl groups is 1. The van der Waals surface area contributed by atoms with Crippen LogP contribution in [-0.2, 0) is 28.3 Å². The number of carbonyl (C=O) groups excluding carboxylic acids is 2. The monoisotopic (exact) mass is 577 g/mol. The van der Waals surface area contributed by atoms with Crippen molar-refractivity contribution in [3.8, 4) is 0 Å². The molecule has 1 saturated heterocycles. The lowest BCUT2D eigenvalue weighted by atomic mass is 9.80. The second-order valence-electron chi connectivity index (χ2n) is 10.9. The number of carbonyl (C=O) groups is 3. The molecule has 4 aromatic carbocycles. The molecule has 3 amide bonds. The smallest absolute Gasteiger partial charge is 0.329 e. The molecule has 1 aliphatic heterocycles. The normalized spacial score (nSPS) is 17.5. The minimum absolute atomic E-state index is 0.0307. The van der Waals surface area contributed by atoms with Gasteiger partial charge in [-0.05, 0) is 29.2 Å². The minimum Gasteiger partial charge on any atom is -0.480 e. The van der Waals surface area contributed by atoms with Gasteiger partial charge in [0.25, 0.3) is 0 Å². The van der Waals surface area contributed by atoms with E-state index in [-0.39, 0.29) is 13.1 Å². The maximum Gasteiger partial charge on any atom is 0.329 e. The Morgan fingerprint density at radius 1 is 0.721 bits per heavy atom. The molecule has 1 heterocycles. The van der Waals surface area contributed by atoms with Crippen molar-refractivity contribution < 1.29 is 24.6 Å². The number of likely N-dealkylation sites (N-methyl/N-ethyl adjacent to an activating group) is 1. The average molecular weight is 578 g/mol. The van der Waals surface area contributed by atoms with Crippen molar-refractivity contribution in [3.05, 3.63) is 144 Å². The summed E-state index contributed by atoms with van der Waals surface area (Å²) in [5.41, 5.74) is 1.05. The van der Waals surface area contributed by atoms with Crippen molar-refractivity contribution in [1.82, 2.24) is 14.7 Å². The van der Waals surface area contributed by atoms with Crippen molar-refractivity contribution >= 4 is 17.9 Å². The number of amides is 3.